The fourth-order valence-corrected chi connectivity index (χ4v) is 1.13. The normalized spacial score (nSPS) is 11.5. The lowest BCUT2D eigenvalue weighted by atomic mass is 10.2. The third-order valence-electron chi connectivity index (χ3n) is 1.67. The molecule has 0 saturated carbocycles. The Bertz CT molecular complexity index is 553. The van der Waals surface area contributed by atoms with E-state index in [9.17, 15) is 9.90 Å². The van der Waals surface area contributed by atoms with E-state index >= 15 is 0 Å². The number of phenols is 2. The van der Waals surface area contributed by atoms with Gasteiger partial charge in [0, 0.05) is 18.2 Å². The van der Waals surface area contributed by atoms with Gasteiger partial charge in [-0.25, -0.2) is 0 Å². The van der Waals surface area contributed by atoms with Crippen LogP contribution in [0.1, 0.15) is 1.37 Å². The highest BCUT2D eigenvalue weighted by atomic mass is 16.3. The number of aromatic hydroxyl groups is 2. The molecule has 2 aromatic rings. The molecule has 1 aromatic carbocycles. The summed E-state index contributed by atoms with van der Waals surface area (Å²) in [5, 5.41) is 18.4. The van der Waals surface area contributed by atoms with E-state index in [1.807, 2.05) is 0 Å². The Morgan fingerprint density at radius 1 is 1.38 bits per heavy atom. The van der Waals surface area contributed by atoms with Crippen LogP contribution in [-0.2, 0) is 0 Å². The van der Waals surface area contributed by atoms with E-state index in [4.69, 9.17) is 10.9 Å². The lowest BCUT2D eigenvalue weighted by molar-refractivity contribution is 0.452. The highest BCUT2D eigenvalue weighted by molar-refractivity contribution is 5.84. The molecule has 0 atom stereocenters. The molecule has 0 aliphatic heterocycles. The average Bonchev–Trinajstić information content (AvgIpc) is 1.99. The Hall–Kier alpha value is -1.97. The summed E-state index contributed by atoms with van der Waals surface area (Å²) < 4.78 is 12.0. The molecule has 0 spiro atoms. The van der Waals surface area contributed by atoms with E-state index < -0.39 is 5.43 Å². The lowest BCUT2D eigenvalue weighted by Gasteiger charge is -1.99. The van der Waals surface area contributed by atoms with Crippen LogP contribution >= 0.6 is 0 Å². The van der Waals surface area contributed by atoms with Crippen molar-refractivity contribution < 1.29 is 16.0 Å². The SMILES string of the molecule is [2H]c1cc(=O)c2c(O)cc(O)cc2o1. The first kappa shape index (κ1) is 6.54. The van der Waals surface area contributed by atoms with Crippen LogP contribution in [0.4, 0.5) is 0 Å². The summed E-state index contributed by atoms with van der Waals surface area (Å²) in [4.78, 5) is 11.3. The summed E-state index contributed by atoms with van der Waals surface area (Å²) in [5.41, 5.74) is -0.506. The predicted octanol–water partition coefficient (Wildman–Crippen LogP) is 1.20. The fraction of sp³-hybridized carbons (Fsp3) is 0. The van der Waals surface area contributed by atoms with Crippen LogP contribution in [0.3, 0.4) is 0 Å². The maximum atomic E-state index is 11.3. The molecule has 0 amide bonds. The second kappa shape index (κ2) is 2.52. The molecule has 4 heteroatoms. The van der Waals surface area contributed by atoms with Gasteiger partial charge in [0.2, 0.25) is 0 Å². The van der Waals surface area contributed by atoms with E-state index in [1.165, 1.54) is 6.07 Å². The van der Waals surface area contributed by atoms with Crippen LogP contribution in [0.25, 0.3) is 11.0 Å². The Balaban J connectivity index is 3.02. The van der Waals surface area contributed by atoms with Crippen molar-refractivity contribution in [3.8, 4) is 11.5 Å². The summed E-state index contributed by atoms with van der Waals surface area (Å²) in [6, 6.07) is 3.18. The molecule has 2 rings (SSSR count). The first-order valence-corrected chi connectivity index (χ1v) is 3.54. The van der Waals surface area contributed by atoms with Crippen LogP contribution in [0.5, 0.6) is 11.5 Å². The second-order valence-electron chi connectivity index (χ2n) is 2.57. The molecule has 0 radical (unpaired) electrons. The van der Waals surface area contributed by atoms with Crippen molar-refractivity contribution in [3.63, 3.8) is 0 Å². The van der Waals surface area contributed by atoms with Gasteiger partial charge in [-0.1, -0.05) is 0 Å². The number of benzene rings is 1. The molecular weight excluding hydrogens is 172 g/mol. The van der Waals surface area contributed by atoms with Crippen molar-refractivity contribution in [3.05, 3.63) is 34.7 Å². The minimum atomic E-state index is -0.506. The minimum absolute atomic E-state index is 0.000000000000000222. The maximum Gasteiger partial charge on any atom is 0.196 e. The third-order valence-corrected chi connectivity index (χ3v) is 1.67. The Kier molecular flexibility index (Phi) is 1.26. The molecule has 0 aliphatic carbocycles. The highest BCUT2D eigenvalue weighted by Crippen LogP contribution is 2.26. The van der Waals surface area contributed by atoms with Crippen LogP contribution in [-0.4, -0.2) is 10.2 Å². The molecule has 0 fully saturated rings. The van der Waals surface area contributed by atoms with E-state index in [0.29, 0.717) is 0 Å². The molecule has 66 valence electrons. The summed E-state index contributed by atoms with van der Waals surface area (Å²) >= 11 is 0. The van der Waals surface area contributed by atoms with Gasteiger partial charge >= 0.3 is 0 Å². The van der Waals surface area contributed by atoms with Crippen molar-refractivity contribution in [1.82, 2.24) is 0 Å². The summed E-state index contributed by atoms with van der Waals surface area (Å²) in [7, 11) is 0. The monoisotopic (exact) mass is 179 g/mol. The van der Waals surface area contributed by atoms with Crippen LogP contribution in [0.2, 0.25) is 0 Å². The number of phenolic OH excluding ortho intramolecular Hbond substituents is 2. The quantitative estimate of drug-likeness (QED) is 0.637. The maximum absolute atomic E-state index is 11.3. The van der Waals surface area contributed by atoms with E-state index in [1.54, 1.807) is 0 Å². The topological polar surface area (TPSA) is 70.7 Å². The Morgan fingerprint density at radius 2 is 2.15 bits per heavy atom. The first-order chi connectivity index (χ1) is 6.58. The number of hydrogen-bond acceptors (Lipinski definition) is 4. The van der Waals surface area contributed by atoms with E-state index in [0.717, 1.165) is 12.1 Å². The van der Waals surface area contributed by atoms with Gasteiger partial charge in [-0.15, -0.1) is 0 Å². The summed E-state index contributed by atoms with van der Waals surface area (Å²) in [6.07, 6.45) is -0.312. The summed E-state index contributed by atoms with van der Waals surface area (Å²) in [6.45, 7) is 0. The molecule has 13 heavy (non-hydrogen) atoms. The molecule has 4 nitrogen and oxygen atoms in total. The van der Waals surface area contributed by atoms with Crippen LogP contribution in [0.15, 0.2) is 33.7 Å². The van der Waals surface area contributed by atoms with Crippen molar-refractivity contribution in [2.45, 2.75) is 0 Å². The van der Waals surface area contributed by atoms with Crippen LogP contribution < -0.4 is 5.43 Å². The number of rotatable bonds is 0. The van der Waals surface area contributed by atoms with E-state index in [-0.39, 0.29) is 28.7 Å². The van der Waals surface area contributed by atoms with Crippen molar-refractivity contribution >= 4 is 11.0 Å². The molecule has 1 aromatic heterocycles. The Labute approximate surface area is 74.1 Å². The molecule has 0 unspecified atom stereocenters. The largest absolute Gasteiger partial charge is 0.508 e. The number of hydrogen-bond donors (Lipinski definition) is 2. The second-order valence-corrected chi connectivity index (χ2v) is 2.57. The molecular formula is C9H6O4. The lowest BCUT2D eigenvalue weighted by Crippen LogP contribution is -1.97. The highest BCUT2D eigenvalue weighted by Gasteiger charge is 2.06. The van der Waals surface area contributed by atoms with Crippen molar-refractivity contribution in [2.24, 2.45) is 0 Å². The van der Waals surface area contributed by atoms with Gasteiger partial charge in [0.1, 0.15) is 23.8 Å². The molecule has 1 heterocycles. The smallest absolute Gasteiger partial charge is 0.196 e. The Morgan fingerprint density at radius 3 is 2.92 bits per heavy atom. The van der Waals surface area contributed by atoms with Gasteiger partial charge in [0.15, 0.2) is 5.43 Å². The molecule has 0 bridgehead atoms. The predicted molar refractivity (Wildman–Crippen MR) is 45.8 cm³/mol. The van der Waals surface area contributed by atoms with Crippen molar-refractivity contribution in [1.29, 1.82) is 0 Å². The van der Waals surface area contributed by atoms with Crippen molar-refractivity contribution in [2.75, 3.05) is 0 Å². The number of fused-ring (bicyclic) bond motifs is 1. The van der Waals surface area contributed by atoms with Gasteiger partial charge < -0.3 is 14.6 Å². The first-order valence-electron chi connectivity index (χ1n) is 4.04. The minimum Gasteiger partial charge on any atom is -0.508 e. The van der Waals surface area contributed by atoms with Gasteiger partial charge in [-0.05, 0) is 0 Å². The molecule has 0 saturated heterocycles. The van der Waals surface area contributed by atoms with Gasteiger partial charge in [0.25, 0.3) is 0 Å². The average molecular weight is 179 g/mol. The molecule has 2 N–H and O–H groups in total. The van der Waals surface area contributed by atoms with E-state index in [2.05, 4.69) is 0 Å². The zero-order chi connectivity index (χ0) is 10.3. The molecule has 0 aliphatic rings. The standard InChI is InChI=1S/C9H6O4/c10-5-3-7(12)9-6(11)1-2-13-8(9)4-5/h1-4,10,12H/i2D. The van der Waals surface area contributed by atoms with Gasteiger partial charge in [0.05, 0.1) is 6.24 Å². The third kappa shape index (κ3) is 1.12. The fourth-order valence-electron chi connectivity index (χ4n) is 1.13. The van der Waals surface area contributed by atoms with Gasteiger partial charge in [-0.2, -0.15) is 0 Å². The summed E-state index contributed by atoms with van der Waals surface area (Å²) in [5.74, 6) is -0.572. The zero-order valence-corrected chi connectivity index (χ0v) is 6.44. The van der Waals surface area contributed by atoms with Crippen LogP contribution in [0, 0.1) is 0 Å². The van der Waals surface area contributed by atoms with Gasteiger partial charge in [-0.3, -0.25) is 4.79 Å². The zero-order valence-electron chi connectivity index (χ0n) is 7.44.